The molecule has 2 atom stereocenters. The van der Waals surface area contributed by atoms with Gasteiger partial charge in [-0.05, 0) is 24.0 Å². The van der Waals surface area contributed by atoms with Crippen molar-refractivity contribution in [3.63, 3.8) is 0 Å². The lowest BCUT2D eigenvalue weighted by Crippen LogP contribution is -2.69. The van der Waals surface area contributed by atoms with Gasteiger partial charge in [-0.3, -0.25) is 9.59 Å². The zero-order chi connectivity index (χ0) is 21.5. The minimum absolute atomic E-state index is 0.466. The lowest BCUT2D eigenvalue weighted by Gasteiger charge is -2.52. The van der Waals surface area contributed by atoms with Crippen LogP contribution in [-0.4, -0.2) is 23.8 Å². The van der Waals surface area contributed by atoms with Gasteiger partial charge in [0.1, 0.15) is 0 Å². The molecule has 2 amide bonds. The van der Waals surface area contributed by atoms with Crippen LogP contribution < -0.4 is 10.6 Å². The van der Waals surface area contributed by atoms with Gasteiger partial charge in [0.25, 0.3) is 5.79 Å². The molecule has 3 aliphatic rings. The normalized spacial score (nSPS) is 26.5. The minimum Gasteiger partial charge on any atom is -0.421 e. The van der Waals surface area contributed by atoms with Gasteiger partial charge < -0.3 is 20.1 Å². The molecule has 3 fully saturated rings. The zero-order valence-electron chi connectivity index (χ0n) is 17.0. The first kappa shape index (κ1) is 19.6. The maximum absolute atomic E-state index is 13.8. The molecule has 160 valence electrons. The van der Waals surface area contributed by atoms with Crippen molar-refractivity contribution in [3.8, 4) is 0 Å². The predicted octanol–water partition coefficient (Wildman–Crippen LogP) is 3.53. The highest BCUT2D eigenvalue weighted by atomic mass is 16.7. The maximum atomic E-state index is 13.8. The molecule has 31 heavy (non-hydrogen) atoms. The first-order chi connectivity index (χ1) is 15.1. The first-order valence-electron chi connectivity index (χ1n) is 10.7. The van der Waals surface area contributed by atoms with E-state index in [0.717, 1.165) is 19.3 Å². The zero-order valence-corrected chi connectivity index (χ0v) is 17.0. The van der Waals surface area contributed by atoms with Gasteiger partial charge in [0.05, 0.1) is 12.1 Å². The molecule has 2 spiro atoms. The summed E-state index contributed by atoms with van der Waals surface area (Å²) in [5.41, 5.74) is -0.530. The van der Waals surface area contributed by atoms with E-state index in [1.54, 1.807) is 48.5 Å². The van der Waals surface area contributed by atoms with Gasteiger partial charge in [0.15, 0.2) is 0 Å². The number of amides is 2. The number of hydrogen-bond donors (Lipinski definition) is 2. The number of ether oxygens (including phenoxy) is 2. The van der Waals surface area contributed by atoms with E-state index in [2.05, 4.69) is 10.6 Å². The van der Waals surface area contributed by atoms with Crippen LogP contribution in [0.25, 0.3) is 0 Å². The van der Waals surface area contributed by atoms with Crippen LogP contribution in [0.2, 0.25) is 0 Å². The molecule has 2 aromatic carbocycles. The summed E-state index contributed by atoms with van der Waals surface area (Å²) in [5.74, 6) is -2.54. The van der Waals surface area contributed by atoms with Gasteiger partial charge in [-0.25, -0.2) is 4.79 Å². The molecule has 5 rings (SSSR count). The third-order valence-corrected chi connectivity index (χ3v) is 6.58. The predicted molar refractivity (Wildman–Crippen MR) is 110 cm³/mol. The van der Waals surface area contributed by atoms with Gasteiger partial charge in [0, 0.05) is 12.8 Å². The number of carbonyl (C=O) groups excluding carboxylic acids is 3. The Morgan fingerprint density at radius 2 is 1.13 bits per heavy atom. The summed E-state index contributed by atoms with van der Waals surface area (Å²) in [6.45, 7) is 0. The van der Waals surface area contributed by atoms with Crippen LogP contribution in [-0.2, 0) is 19.1 Å². The molecule has 0 radical (unpaired) electrons. The van der Waals surface area contributed by atoms with E-state index in [1.165, 1.54) is 0 Å². The van der Waals surface area contributed by atoms with Crippen molar-refractivity contribution in [2.75, 3.05) is 0 Å². The molecular weight excluding hydrogens is 396 g/mol. The molecule has 2 saturated heterocycles. The minimum atomic E-state index is -1.79. The average molecular weight is 420 g/mol. The van der Waals surface area contributed by atoms with Crippen molar-refractivity contribution in [3.05, 3.63) is 71.8 Å². The van der Waals surface area contributed by atoms with E-state index in [1.807, 2.05) is 12.1 Å². The number of benzene rings is 2. The summed E-state index contributed by atoms with van der Waals surface area (Å²) in [4.78, 5) is 40.3. The lowest BCUT2D eigenvalue weighted by molar-refractivity contribution is -0.276. The fraction of sp³-hybridized carbons (Fsp3) is 0.375. The van der Waals surface area contributed by atoms with Crippen LogP contribution >= 0.6 is 0 Å². The summed E-state index contributed by atoms with van der Waals surface area (Å²) >= 11 is 0. The quantitative estimate of drug-likeness (QED) is 0.573. The molecule has 2 aliphatic heterocycles. The Morgan fingerprint density at radius 1 is 0.677 bits per heavy atom. The number of rotatable bonds is 2. The number of urea groups is 1. The van der Waals surface area contributed by atoms with Crippen LogP contribution in [0.3, 0.4) is 0 Å². The summed E-state index contributed by atoms with van der Waals surface area (Å²) < 4.78 is 11.9. The van der Waals surface area contributed by atoms with E-state index < -0.39 is 41.3 Å². The summed E-state index contributed by atoms with van der Waals surface area (Å²) in [6, 6.07) is 15.7. The third-order valence-electron chi connectivity index (χ3n) is 6.58. The van der Waals surface area contributed by atoms with Crippen molar-refractivity contribution >= 4 is 18.0 Å². The second-order valence-electron chi connectivity index (χ2n) is 8.42. The van der Waals surface area contributed by atoms with Crippen molar-refractivity contribution in [2.24, 2.45) is 5.41 Å². The first-order valence-corrected chi connectivity index (χ1v) is 10.7. The topological polar surface area (TPSA) is 93.7 Å². The van der Waals surface area contributed by atoms with Crippen LogP contribution in [0.5, 0.6) is 0 Å². The number of carbonyl (C=O) groups is 3. The molecule has 2 N–H and O–H groups in total. The van der Waals surface area contributed by atoms with Crippen LogP contribution in [0.4, 0.5) is 4.79 Å². The van der Waals surface area contributed by atoms with E-state index >= 15 is 0 Å². The van der Waals surface area contributed by atoms with Gasteiger partial charge in [-0.15, -0.1) is 0 Å². The number of esters is 2. The highest BCUT2D eigenvalue weighted by molar-refractivity contribution is 6.05. The van der Waals surface area contributed by atoms with E-state index in [9.17, 15) is 14.4 Å². The number of hydrogen-bond acceptors (Lipinski definition) is 5. The Balaban J connectivity index is 1.66. The fourth-order valence-corrected chi connectivity index (χ4v) is 5.06. The molecule has 7 nitrogen and oxygen atoms in total. The lowest BCUT2D eigenvalue weighted by atomic mass is 9.67. The van der Waals surface area contributed by atoms with Gasteiger partial charge in [-0.2, -0.15) is 0 Å². The van der Waals surface area contributed by atoms with Crippen LogP contribution in [0.1, 0.15) is 55.3 Å². The molecule has 1 aliphatic carbocycles. The Labute approximate surface area is 180 Å². The van der Waals surface area contributed by atoms with Crippen LogP contribution in [0.15, 0.2) is 60.7 Å². The molecular formula is C24H24N2O5. The summed E-state index contributed by atoms with van der Waals surface area (Å²) in [6.07, 6.45) is 3.65. The number of nitrogens with one attached hydrogen (secondary N) is 2. The molecule has 7 heteroatoms. The van der Waals surface area contributed by atoms with Crippen molar-refractivity contribution in [1.82, 2.24) is 10.6 Å². The average Bonchev–Trinajstić information content (AvgIpc) is 2.79. The Kier molecular flexibility index (Phi) is 4.68. The Hall–Kier alpha value is -3.35. The highest BCUT2D eigenvalue weighted by Crippen LogP contribution is 2.53. The highest BCUT2D eigenvalue weighted by Gasteiger charge is 2.69. The molecule has 0 aromatic heterocycles. The van der Waals surface area contributed by atoms with E-state index in [-0.39, 0.29) is 0 Å². The molecule has 0 unspecified atom stereocenters. The largest absolute Gasteiger partial charge is 0.421 e. The molecule has 2 aromatic rings. The molecule has 1 saturated carbocycles. The Morgan fingerprint density at radius 3 is 1.58 bits per heavy atom. The van der Waals surface area contributed by atoms with Gasteiger partial charge in [-0.1, -0.05) is 67.1 Å². The SMILES string of the molecule is O=C1N[C@H](c2ccccc2)C2(C(=O)OC3(CCCCC3)OC2=O)[C@H](c2ccccc2)N1. The van der Waals surface area contributed by atoms with E-state index in [4.69, 9.17) is 9.47 Å². The van der Waals surface area contributed by atoms with Gasteiger partial charge in [0.2, 0.25) is 5.41 Å². The van der Waals surface area contributed by atoms with Crippen LogP contribution in [0, 0.1) is 5.41 Å². The second kappa shape index (κ2) is 7.41. The monoisotopic (exact) mass is 420 g/mol. The van der Waals surface area contributed by atoms with Crippen molar-refractivity contribution < 1.29 is 23.9 Å². The van der Waals surface area contributed by atoms with Crippen molar-refractivity contribution in [1.29, 1.82) is 0 Å². The fourth-order valence-electron chi connectivity index (χ4n) is 5.06. The molecule has 0 bridgehead atoms. The van der Waals surface area contributed by atoms with E-state index in [0.29, 0.717) is 24.0 Å². The second-order valence-corrected chi connectivity index (χ2v) is 8.42. The maximum Gasteiger partial charge on any atom is 0.331 e. The third kappa shape index (κ3) is 3.07. The van der Waals surface area contributed by atoms with Crippen molar-refractivity contribution in [2.45, 2.75) is 50.0 Å². The smallest absolute Gasteiger partial charge is 0.331 e. The standard InChI is InChI=1S/C24H24N2O5/c27-20-24(21(28)31-23(30-20)14-8-3-9-15-23)18(16-10-4-1-5-11-16)25-22(29)26-19(24)17-12-6-2-7-13-17/h1-2,4-7,10-13,18-19H,3,8-9,14-15H2,(H2,25,26,29)/t18-,19+. The molecule has 2 heterocycles. The summed E-state index contributed by atoms with van der Waals surface area (Å²) in [7, 11) is 0. The Bertz CT molecular complexity index is 928. The summed E-state index contributed by atoms with van der Waals surface area (Å²) in [5, 5.41) is 5.59. The van der Waals surface area contributed by atoms with Gasteiger partial charge >= 0.3 is 18.0 Å².